The first-order valence-electron chi connectivity index (χ1n) is 11.0. The van der Waals surface area contributed by atoms with Gasteiger partial charge in [-0.2, -0.15) is 4.98 Å². The summed E-state index contributed by atoms with van der Waals surface area (Å²) in [6, 6.07) is 0.746. The maximum absolute atomic E-state index is 12.7. The van der Waals surface area contributed by atoms with Gasteiger partial charge in [0.1, 0.15) is 0 Å². The number of carbonyl (C=O) groups excluding carboxylic acids is 1. The van der Waals surface area contributed by atoms with Crippen LogP contribution in [0.1, 0.15) is 88.9 Å². The molecule has 1 aliphatic carbocycles. The third-order valence-electron chi connectivity index (χ3n) is 7.04. The quantitative estimate of drug-likeness (QED) is 0.853. The first-order valence-corrected chi connectivity index (χ1v) is 11.0. The van der Waals surface area contributed by atoms with Crippen LogP contribution in [-0.2, 0) is 0 Å². The zero-order valence-electron chi connectivity index (χ0n) is 17.6. The van der Waals surface area contributed by atoms with Crippen LogP contribution in [0.4, 0.5) is 4.79 Å². The van der Waals surface area contributed by atoms with Crippen LogP contribution in [0.2, 0.25) is 0 Å². The predicted molar refractivity (Wildman–Crippen MR) is 107 cm³/mol. The molecule has 0 radical (unpaired) electrons. The third kappa shape index (κ3) is 4.04. The van der Waals surface area contributed by atoms with Gasteiger partial charge in [0.05, 0.1) is 6.04 Å². The fourth-order valence-electron chi connectivity index (χ4n) is 5.23. The summed E-state index contributed by atoms with van der Waals surface area (Å²) in [5, 5.41) is 7.52. The number of urea groups is 1. The second-order valence-corrected chi connectivity index (χ2v) is 9.55. The number of nitrogens with zero attached hydrogens (tertiary/aromatic N) is 4. The Morgan fingerprint density at radius 1 is 1.21 bits per heavy atom. The Morgan fingerprint density at radius 3 is 2.57 bits per heavy atom. The first-order chi connectivity index (χ1) is 13.5. The van der Waals surface area contributed by atoms with E-state index < -0.39 is 0 Å². The van der Waals surface area contributed by atoms with E-state index in [9.17, 15) is 4.79 Å². The summed E-state index contributed by atoms with van der Waals surface area (Å²) in [7, 11) is 2.16. The van der Waals surface area contributed by atoms with E-state index in [-0.39, 0.29) is 23.4 Å². The van der Waals surface area contributed by atoms with Crippen molar-refractivity contribution in [3.63, 3.8) is 0 Å². The molecule has 1 N–H and O–H groups in total. The van der Waals surface area contributed by atoms with E-state index in [4.69, 9.17) is 4.52 Å². The van der Waals surface area contributed by atoms with E-state index in [0.717, 1.165) is 63.5 Å². The van der Waals surface area contributed by atoms with Crippen molar-refractivity contribution in [2.45, 2.75) is 83.2 Å². The largest absolute Gasteiger partial charge is 0.339 e. The van der Waals surface area contributed by atoms with E-state index in [1.807, 2.05) is 4.90 Å². The molecule has 7 heteroatoms. The molecule has 0 aromatic carbocycles. The Kier molecular flexibility index (Phi) is 5.63. The molecule has 1 unspecified atom stereocenters. The number of amides is 2. The number of hydrogen-bond donors (Lipinski definition) is 1. The van der Waals surface area contributed by atoms with Gasteiger partial charge >= 0.3 is 6.03 Å². The summed E-state index contributed by atoms with van der Waals surface area (Å²) in [4.78, 5) is 21.7. The molecule has 0 bridgehead atoms. The molecule has 1 aromatic rings. The number of likely N-dealkylation sites (tertiary alicyclic amines) is 2. The highest BCUT2D eigenvalue weighted by Gasteiger charge is 2.46. The highest BCUT2D eigenvalue weighted by molar-refractivity contribution is 5.74. The second kappa shape index (κ2) is 8.01. The van der Waals surface area contributed by atoms with Crippen molar-refractivity contribution in [2.75, 3.05) is 26.7 Å². The Bertz CT molecular complexity index is 674. The summed E-state index contributed by atoms with van der Waals surface area (Å²) in [5.41, 5.74) is 0.264. The van der Waals surface area contributed by atoms with Crippen molar-refractivity contribution >= 4 is 6.03 Å². The Morgan fingerprint density at radius 2 is 1.93 bits per heavy atom. The number of piperidine rings is 1. The maximum atomic E-state index is 12.7. The molecule has 1 saturated carbocycles. The minimum absolute atomic E-state index is 0.143. The van der Waals surface area contributed by atoms with Crippen LogP contribution in [0.3, 0.4) is 0 Å². The highest BCUT2D eigenvalue weighted by atomic mass is 16.5. The molecular weight excluding hydrogens is 354 g/mol. The van der Waals surface area contributed by atoms with Crippen LogP contribution in [0.15, 0.2) is 4.52 Å². The molecule has 156 valence electrons. The van der Waals surface area contributed by atoms with Crippen LogP contribution in [0.25, 0.3) is 0 Å². The Balaban J connectivity index is 1.32. The number of nitrogens with one attached hydrogen (secondary N) is 1. The highest BCUT2D eigenvalue weighted by Crippen LogP contribution is 2.47. The topological polar surface area (TPSA) is 74.5 Å². The Hall–Kier alpha value is -1.63. The van der Waals surface area contributed by atoms with Crippen molar-refractivity contribution < 1.29 is 9.32 Å². The minimum atomic E-state index is 0.143. The normalized spacial score (nSPS) is 26.3. The number of aromatic nitrogens is 2. The average Bonchev–Trinajstić information content (AvgIpc) is 3.28. The van der Waals surface area contributed by atoms with Gasteiger partial charge in [-0.05, 0) is 44.6 Å². The predicted octanol–water partition coefficient (Wildman–Crippen LogP) is 3.69. The van der Waals surface area contributed by atoms with Crippen molar-refractivity contribution in [3.05, 3.63) is 11.7 Å². The third-order valence-corrected chi connectivity index (χ3v) is 7.04. The van der Waals surface area contributed by atoms with E-state index >= 15 is 0 Å². The summed E-state index contributed by atoms with van der Waals surface area (Å²) >= 11 is 0. The standard InChI is InChI=1S/C21H35N5O2/c1-15(2)19-23-18(24-28-19)17-13-21(14-25(17)3)9-11-26(12-10-21)20(27)22-16-7-5-4-6-8-16/h15-17H,4-14H2,1-3H3,(H,22,27). The van der Waals surface area contributed by atoms with Crippen molar-refractivity contribution in [1.82, 2.24) is 25.3 Å². The molecule has 7 nitrogen and oxygen atoms in total. The molecule has 3 aliphatic rings. The van der Waals surface area contributed by atoms with E-state index in [1.54, 1.807) is 0 Å². The lowest BCUT2D eigenvalue weighted by Gasteiger charge is -2.39. The summed E-state index contributed by atoms with van der Waals surface area (Å²) in [5.74, 6) is 1.80. The molecule has 2 saturated heterocycles. The van der Waals surface area contributed by atoms with Gasteiger partial charge in [0.15, 0.2) is 5.82 Å². The molecule has 4 rings (SSSR count). The first kappa shape index (κ1) is 19.7. The van der Waals surface area contributed by atoms with Crippen molar-refractivity contribution in [3.8, 4) is 0 Å². The smallest absolute Gasteiger partial charge is 0.317 e. The molecule has 1 aromatic heterocycles. The number of carbonyl (C=O) groups is 1. The molecule has 2 aliphatic heterocycles. The van der Waals surface area contributed by atoms with Crippen LogP contribution < -0.4 is 5.32 Å². The van der Waals surface area contributed by atoms with E-state index in [1.165, 1.54) is 19.3 Å². The maximum Gasteiger partial charge on any atom is 0.317 e. The van der Waals surface area contributed by atoms with Gasteiger partial charge in [0.25, 0.3) is 0 Å². The molecule has 1 atom stereocenters. The second-order valence-electron chi connectivity index (χ2n) is 9.55. The molecule has 2 amide bonds. The number of hydrogen-bond acceptors (Lipinski definition) is 5. The summed E-state index contributed by atoms with van der Waals surface area (Å²) in [6.45, 7) is 6.89. The minimum Gasteiger partial charge on any atom is -0.339 e. The summed E-state index contributed by atoms with van der Waals surface area (Å²) < 4.78 is 5.43. The molecular formula is C21H35N5O2. The van der Waals surface area contributed by atoms with Crippen molar-refractivity contribution in [2.24, 2.45) is 5.41 Å². The van der Waals surface area contributed by atoms with Gasteiger partial charge in [0, 0.05) is 31.6 Å². The summed E-state index contributed by atoms with van der Waals surface area (Å²) in [6.07, 6.45) is 9.25. The van der Waals surface area contributed by atoms with Gasteiger partial charge in [-0.3, -0.25) is 4.90 Å². The van der Waals surface area contributed by atoms with Crippen LogP contribution in [0.5, 0.6) is 0 Å². The fourth-order valence-corrected chi connectivity index (χ4v) is 5.23. The fraction of sp³-hybridized carbons (Fsp3) is 0.857. The van der Waals surface area contributed by atoms with Gasteiger partial charge < -0.3 is 14.7 Å². The van der Waals surface area contributed by atoms with Crippen LogP contribution >= 0.6 is 0 Å². The lowest BCUT2D eigenvalue weighted by atomic mass is 9.76. The van der Waals surface area contributed by atoms with E-state index in [2.05, 4.69) is 41.3 Å². The lowest BCUT2D eigenvalue weighted by Crippen LogP contribution is -2.50. The van der Waals surface area contributed by atoms with Gasteiger partial charge in [-0.1, -0.05) is 38.3 Å². The zero-order valence-corrected chi connectivity index (χ0v) is 17.6. The molecule has 3 heterocycles. The lowest BCUT2D eigenvalue weighted by molar-refractivity contribution is 0.119. The molecule has 3 fully saturated rings. The molecule has 28 heavy (non-hydrogen) atoms. The van der Waals surface area contributed by atoms with E-state index in [0.29, 0.717) is 6.04 Å². The van der Waals surface area contributed by atoms with Gasteiger partial charge in [0.2, 0.25) is 5.89 Å². The van der Waals surface area contributed by atoms with Crippen LogP contribution in [-0.4, -0.2) is 58.7 Å². The Labute approximate surface area is 168 Å². The van der Waals surface area contributed by atoms with Gasteiger partial charge in [-0.25, -0.2) is 4.79 Å². The number of rotatable bonds is 3. The average molecular weight is 390 g/mol. The monoisotopic (exact) mass is 389 g/mol. The zero-order chi connectivity index (χ0) is 19.7. The molecule has 1 spiro atoms. The SMILES string of the molecule is CC(C)c1nc(C2CC3(CCN(C(=O)NC4CCCCC4)CC3)CN2C)no1. The van der Waals surface area contributed by atoms with Gasteiger partial charge in [-0.15, -0.1) is 0 Å². The van der Waals surface area contributed by atoms with Crippen LogP contribution in [0, 0.1) is 5.41 Å². The van der Waals surface area contributed by atoms with Crippen molar-refractivity contribution in [1.29, 1.82) is 0 Å².